The zero-order valence-electron chi connectivity index (χ0n) is 9.83. The van der Waals surface area contributed by atoms with E-state index < -0.39 is 11.7 Å². The summed E-state index contributed by atoms with van der Waals surface area (Å²) in [6, 6.07) is 2.92. The minimum absolute atomic E-state index is 0.0351. The van der Waals surface area contributed by atoms with E-state index in [1.807, 2.05) is 0 Å². The number of aliphatic imine (C=N–C) groups is 1. The monoisotopic (exact) mass is 320 g/mol. The molecule has 1 aromatic carbocycles. The molecule has 0 atom stereocenters. The third-order valence-corrected chi connectivity index (χ3v) is 3.42. The molecule has 9 heteroatoms. The van der Waals surface area contributed by atoms with Crippen molar-refractivity contribution in [2.45, 2.75) is 6.18 Å². The first-order valence-corrected chi connectivity index (χ1v) is 6.38. The summed E-state index contributed by atoms with van der Waals surface area (Å²) >= 11 is 6.87. The van der Waals surface area contributed by atoms with Crippen LogP contribution in [0, 0.1) is 0 Å². The van der Waals surface area contributed by atoms with Crippen molar-refractivity contribution in [2.24, 2.45) is 15.8 Å². The summed E-state index contributed by atoms with van der Waals surface area (Å²) in [7, 11) is 0. The SMILES string of the molecule is C=C1N=C(N)S/C1=N/Nc1cc(C(F)(F)F)ccc1Cl. The molecule has 3 N–H and O–H groups in total. The number of benzene rings is 1. The molecular formula is C11H8ClF3N4S. The predicted molar refractivity (Wildman–Crippen MR) is 75.9 cm³/mol. The lowest BCUT2D eigenvalue weighted by atomic mass is 10.2. The fourth-order valence-corrected chi connectivity index (χ4v) is 2.12. The highest BCUT2D eigenvalue weighted by Crippen LogP contribution is 2.34. The molecule has 0 saturated carbocycles. The molecule has 20 heavy (non-hydrogen) atoms. The first-order valence-electron chi connectivity index (χ1n) is 5.19. The van der Waals surface area contributed by atoms with Gasteiger partial charge in [-0.3, -0.25) is 5.43 Å². The summed E-state index contributed by atoms with van der Waals surface area (Å²) < 4.78 is 37.8. The molecule has 0 amide bonds. The van der Waals surface area contributed by atoms with Crippen molar-refractivity contribution < 1.29 is 13.2 Å². The average Bonchev–Trinajstić information content (AvgIpc) is 2.65. The number of halogens is 4. The second-order valence-corrected chi connectivity index (χ2v) is 5.14. The Kier molecular flexibility index (Phi) is 3.96. The highest BCUT2D eigenvalue weighted by Gasteiger charge is 2.31. The van der Waals surface area contributed by atoms with E-state index in [9.17, 15) is 13.2 Å². The Hall–Kier alpha value is -1.67. The van der Waals surface area contributed by atoms with Crippen LogP contribution in [0.15, 0.2) is 40.6 Å². The summed E-state index contributed by atoms with van der Waals surface area (Å²) in [5, 5.41) is 4.65. The Bertz CT molecular complexity index is 625. The molecule has 1 aliphatic rings. The van der Waals surface area contributed by atoms with E-state index in [2.05, 4.69) is 22.1 Å². The third kappa shape index (κ3) is 3.26. The van der Waals surface area contributed by atoms with Crippen molar-refractivity contribution in [3.05, 3.63) is 41.1 Å². The molecule has 0 radical (unpaired) electrons. The van der Waals surface area contributed by atoms with E-state index in [-0.39, 0.29) is 15.9 Å². The van der Waals surface area contributed by atoms with Crippen molar-refractivity contribution in [3.63, 3.8) is 0 Å². The van der Waals surface area contributed by atoms with Crippen molar-refractivity contribution >= 4 is 39.3 Å². The lowest BCUT2D eigenvalue weighted by Gasteiger charge is -2.10. The zero-order valence-corrected chi connectivity index (χ0v) is 11.4. The first-order chi connectivity index (χ1) is 9.27. The summed E-state index contributed by atoms with van der Waals surface area (Å²) in [4.78, 5) is 3.84. The smallest absolute Gasteiger partial charge is 0.378 e. The Labute approximate surface area is 121 Å². The first kappa shape index (κ1) is 14.7. The van der Waals surface area contributed by atoms with E-state index in [1.54, 1.807) is 0 Å². The molecule has 0 unspecified atom stereocenters. The van der Waals surface area contributed by atoms with E-state index >= 15 is 0 Å². The number of nitrogens with zero attached hydrogens (tertiary/aromatic N) is 2. The lowest BCUT2D eigenvalue weighted by molar-refractivity contribution is -0.137. The Balaban J connectivity index is 2.22. The molecule has 106 valence electrons. The van der Waals surface area contributed by atoms with Gasteiger partial charge < -0.3 is 5.73 Å². The number of thioether (sulfide) groups is 1. The van der Waals surface area contributed by atoms with Crippen molar-refractivity contribution in [3.8, 4) is 0 Å². The van der Waals surface area contributed by atoms with Gasteiger partial charge in [0.1, 0.15) is 5.04 Å². The van der Waals surface area contributed by atoms with Gasteiger partial charge in [-0.1, -0.05) is 18.2 Å². The predicted octanol–water partition coefficient (Wildman–Crippen LogP) is 3.66. The van der Waals surface area contributed by atoms with Gasteiger partial charge in [0.05, 0.1) is 22.0 Å². The van der Waals surface area contributed by atoms with E-state index in [1.165, 1.54) is 0 Å². The second-order valence-electron chi connectivity index (χ2n) is 3.72. The average molecular weight is 321 g/mol. The third-order valence-electron chi connectivity index (χ3n) is 2.26. The van der Waals surface area contributed by atoms with Crippen LogP contribution in [-0.2, 0) is 6.18 Å². The van der Waals surface area contributed by atoms with Crippen molar-refractivity contribution in [1.29, 1.82) is 0 Å². The molecule has 2 rings (SSSR count). The largest absolute Gasteiger partial charge is 0.416 e. The Morgan fingerprint density at radius 2 is 2.10 bits per heavy atom. The van der Waals surface area contributed by atoms with Gasteiger partial charge in [0.15, 0.2) is 5.17 Å². The molecule has 0 aliphatic carbocycles. The van der Waals surface area contributed by atoms with Gasteiger partial charge in [-0.05, 0) is 30.0 Å². The molecule has 4 nitrogen and oxygen atoms in total. The number of hydrogen-bond donors (Lipinski definition) is 2. The Morgan fingerprint density at radius 1 is 1.40 bits per heavy atom. The Morgan fingerprint density at radius 3 is 2.65 bits per heavy atom. The maximum atomic E-state index is 12.6. The number of hydrazone groups is 1. The number of nitrogens with two attached hydrogens (primary N) is 1. The van der Waals surface area contributed by atoms with Gasteiger partial charge in [0.2, 0.25) is 0 Å². The molecular weight excluding hydrogens is 313 g/mol. The minimum atomic E-state index is -4.45. The minimum Gasteiger partial charge on any atom is -0.378 e. The van der Waals surface area contributed by atoms with E-state index in [4.69, 9.17) is 17.3 Å². The normalized spacial score (nSPS) is 17.5. The molecule has 0 saturated heterocycles. The van der Waals surface area contributed by atoms with E-state index in [0.29, 0.717) is 10.7 Å². The zero-order chi connectivity index (χ0) is 14.9. The van der Waals surface area contributed by atoms with Crippen LogP contribution in [0.2, 0.25) is 5.02 Å². The number of hydrogen-bond acceptors (Lipinski definition) is 5. The van der Waals surface area contributed by atoms with Crippen LogP contribution in [-0.4, -0.2) is 10.2 Å². The van der Waals surface area contributed by atoms with Crippen LogP contribution in [0.1, 0.15) is 5.56 Å². The highest BCUT2D eigenvalue weighted by atomic mass is 35.5. The van der Waals surface area contributed by atoms with Crippen LogP contribution in [0.4, 0.5) is 18.9 Å². The number of anilines is 1. The maximum absolute atomic E-state index is 12.6. The van der Waals surface area contributed by atoms with Crippen molar-refractivity contribution in [1.82, 2.24) is 0 Å². The molecule has 1 aliphatic heterocycles. The molecule has 0 aromatic heterocycles. The van der Waals surface area contributed by atoms with Gasteiger partial charge in [-0.25, -0.2) is 4.99 Å². The van der Waals surface area contributed by atoms with Gasteiger partial charge in [0, 0.05) is 0 Å². The van der Waals surface area contributed by atoms with Gasteiger partial charge in [0.25, 0.3) is 0 Å². The lowest BCUT2D eigenvalue weighted by Crippen LogP contribution is -2.06. The number of alkyl halides is 3. The van der Waals surface area contributed by atoms with Gasteiger partial charge in [-0.15, -0.1) is 0 Å². The fourth-order valence-electron chi connectivity index (χ4n) is 1.35. The number of amidine groups is 1. The molecule has 0 bridgehead atoms. The van der Waals surface area contributed by atoms with Crippen LogP contribution in [0.3, 0.4) is 0 Å². The summed E-state index contributed by atoms with van der Waals surface area (Å²) in [6.07, 6.45) is -4.45. The summed E-state index contributed by atoms with van der Waals surface area (Å²) in [5.74, 6) is 0. The molecule has 1 aromatic rings. The number of nitrogens with one attached hydrogen (secondary N) is 1. The highest BCUT2D eigenvalue weighted by molar-refractivity contribution is 8.27. The van der Waals surface area contributed by atoms with Crippen LogP contribution < -0.4 is 11.2 Å². The van der Waals surface area contributed by atoms with Crippen molar-refractivity contribution in [2.75, 3.05) is 5.43 Å². The standard InChI is InChI=1S/C11H8ClF3N4S/c1-5-9(20-10(16)17-5)19-18-8-4-6(11(13,14)15)2-3-7(8)12/h2-4,18H,1H2,(H2,16,17)/b19-9+. The van der Waals surface area contributed by atoms with Crippen LogP contribution in [0.5, 0.6) is 0 Å². The maximum Gasteiger partial charge on any atom is 0.416 e. The number of rotatable bonds is 2. The van der Waals surface area contributed by atoms with Gasteiger partial charge in [-0.2, -0.15) is 18.3 Å². The molecule has 1 heterocycles. The van der Waals surface area contributed by atoms with Gasteiger partial charge >= 0.3 is 6.18 Å². The second kappa shape index (κ2) is 5.37. The molecule has 0 spiro atoms. The molecule has 0 fully saturated rings. The fraction of sp³-hybridized carbons (Fsp3) is 0.0909. The topological polar surface area (TPSA) is 62.8 Å². The summed E-state index contributed by atoms with van der Waals surface area (Å²) in [6.45, 7) is 3.61. The van der Waals surface area contributed by atoms with E-state index in [0.717, 1.165) is 30.0 Å². The summed E-state index contributed by atoms with van der Waals surface area (Å²) in [5.41, 5.74) is 7.48. The van der Waals surface area contributed by atoms with Crippen LogP contribution in [0.25, 0.3) is 0 Å². The quantitative estimate of drug-likeness (QED) is 0.817. The van der Waals surface area contributed by atoms with Crippen LogP contribution >= 0.6 is 23.4 Å².